The number of hydrogen-bond acceptors (Lipinski definition) is 4. The molecule has 0 bridgehead atoms. The van der Waals surface area contributed by atoms with E-state index in [-0.39, 0.29) is 22.0 Å². The van der Waals surface area contributed by atoms with Crippen LogP contribution in [-0.2, 0) is 0 Å². The van der Waals surface area contributed by atoms with Gasteiger partial charge in [-0.05, 0) is 43.7 Å². The van der Waals surface area contributed by atoms with Crippen molar-refractivity contribution in [3.05, 3.63) is 40.4 Å². The number of nitrogens with zero attached hydrogens (tertiary/aromatic N) is 1. The molecule has 1 fully saturated rings. The Kier molecular flexibility index (Phi) is 4.98. The van der Waals surface area contributed by atoms with E-state index in [1.807, 2.05) is 0 Å². The Morgan fingerprint density at radius 3 is 2.64 bits per heavy atom. The highest BCUT2D eigenvalue weighted by atomic mass is 32.1. The van der Waals surface area contributed by atoms with Crippen molar-refractivity contribution in [3.8, 4) is 22.4 Å². The van der Waals surface area contributed by atoms with Crippen LogP contribution in [0.25, 0.3) is 10.6 Å². The molecule has 0 amide bonds. The van der Waals surface area contributed by atoms with E-state index in [0.29, 0.717) is 17.7 Å². The van der Waals surface area contributed by atoms with E-state index in [9.17, 15) is 18.7 Å². The Morgan fingerprint density at radius 1 is 1.28 bits per heavy atom. The van der Waals surface area contributed by atoms with Gasteiger partial charge in [0.25, 0.3) is 0 Å². The van der Waals surface area contributed by atoms with Crippen LogP contribution in [0.1, 0.15) is 54.4 Å². The quantitative estimate of drug-likeness (QED) is 0.639. The van der Waals surface area contributed by atoms with Crippen LogP contribution in [0.4, 0.5) is 8.78 Å². The normalized spacial score (nSPS) is 16.2. The van der Waals surface area contributed by atoms with Gasteiger partial charge in [0.1, 0.15) is 32.8 Å². The lowest BCUT2D eigenvalue weighted by molar-refractivity contribution is 0.0610. The standard InChI is InChI=1S/C19H17F2NO2S/c1-12(23)17-16(7-10-19(24)8-3-2-4-9-19)22-18(25-17)14-6-5-13(20)11-15(14)21/h5-6,11,24H,2-4,8-9H2,1H3. The average molecular weight is 361 g/mol. The van der Waals surface area contributed by atoms with E-state index in [4.69, 9.17) is 0 Å². The summed E-state index contributed by atoms with van der Waals surface area (Å²) in [5.74, 6) is 4.00. The van der Waals surface area contributed by atoms with Gasteiger partial charge in [0.05, 0.1) is 0 Å². The first-order valence-electron chi connectivity index (χ1n) is 8.11. The number of thiazole rings is 1. The summed E-state index contributed by atoms with van der Waals surface area (Å²) in [5.41, 5.74) is -0.703. The zero-order valence-electron chi connectivity index (χ0n) is 13.7. The summed E-state index contributed by atoms with van der Waals surface area (Å²) >= 11 is 1.02. The maximum absolute atomic E-state index is 14.0. The Bertz CT molecular complexity index is 873. The fraction of sp³-hybridized carbons (Fsp3) is 0.368. The van der Waals surface area contributed by atoms with Crippen molar-refractivity contribution in [1.29, 1.82) is 0 Å². The van der Waals surface area contributed by atoms with Crippen LogP contribution < -0.4 is 0 Å². The Balaban J connectivity index is 2.00. The van der Waals surface area contributed by atoms with Gasteiger partial charge in [0.2, 0.25) is 0 Å². The molecule has 1 aliphatic rings. The van der Waals surface area contributed by atoms with E-state index in [1.54, 1.807) is 0 Å². The van der Waals surface area contributed by atoms with Crippen LogP contribution in [0.3, 0.4) is 0 Å². The maximum Gasteiger partial charge on any atom is 0.172 e. The molecule has 3 rings (SSSR count). The third-order valence-corrected chi connectivity index (χ3v) is 5.39. The molecule has 2 aromatic rings. The van der Waals surface area contributed by atoms with Crippen LogP contribution >= 0.6 is 11.3 Å². The fourth-order valence-electron chi connectivity index (χ4n) is 2.86. The third kappa shape index (κ3) is 3.94. The number of ketones is 1. The highest BCUT2D eigenvalue weighted by Gasteiger charge is 2.27. The number of Topliss-reactive ketones (excluding diaryl/α,β-unsaturated/α-hetero) is 1. The molecule has 0 radical (unpaired) electrons. The van der Waals surface area contributed by atoms with E-state index < -0.39 is 17.2 Å². The van der Waals surface area contributed by atoms with Crippen molar-refractivity contribution in [2.75, 3.05) is 0 Å². The molecule has 1 aromatic carbocycles. The summed E-state index contributed by atoms with van der Waals surface area (Å²) in [4.78, 5) is 16.4. The zero-order valence-corrected chi connectivity index (χ0v) is 14.6. The number of hydrogen-bond donors (Lipinski definition) is 1. The Morgan fingerprint density at radius 2 is 2.00 bits per heavy atom. The SMILES string of the molecule is CC(=O)c1sc(-c2ccc(F)cc2F)nc1C#CC1(O)CCCCC1. The van der Waals surface area contributed by atoms with Gasteiger partial charge in [-0.25, -0.2) is 13.8 Å². The molecule has 0 atom stereocenters. The third-order valence-electron chi connectivity index (χ3n) is 4.20. The molecule has 6 heteroatoms. The van der Waals surface area contributed by atoms with E-state index in [0.717, 1.165) is 42.7 Å². The molecule has 0 spiro atoms. The number of halogens is 2. The number of carbonyl (C=O) groups excluding carboxylic acids is 1. The second-order valence-corrected chi connectivity index (χ2v) is 7.22. The monoisotopic (exact) mass is 361 g/mol. The predicted molar refractivity (Wildman–Crippen MR) is 92.4 cm³/mol. The van der Waals surface area contributed by atoms with Crippen LogP contribution in [0.15, 0.2) is 18.2 Å². The lowest BCUT2D eigenvalue weighted by Gasteiger charge is -2.26. The molecular formula is C19H17F2NO2S. The molecule has 25 heavy (non-hydrogen) atoms. The number of rotatable bonds is 2. The summed E-state index contributed by atoms with van der Waals surface area (Å²) in [7, 11) is 0. The molecule has 0 saturated heterocycles. The Labute approximate surface area is 148 Å². The highest BCUT2D eigenvalue weighted by molar-refractivity contribution is 7.17. The average Bonchev–Trinajstić information content (AvgIpc) is 2.98. The smallest absolute Gasteiger partial charge is 0.172 e. The van der Waals surface area contributed by atoms with Gasteiger partial charge in [-0.3, -0.25) is 4.79 Å². The van der Waals surface area contributed by atoms with E-state index in [2.05, 4.69) is 16.8 Å². The maximum atomic E-state index is 14.0. The molecule has 1 aromatic heterocycles. The van der Waals surface area contributed by atoms with Crippen molar-refractivity contribution in [2.45, 2.75) is 44.6 Å². The fourth-order valence-corrected chi connectivity index (χ4v) is 3.80. The first-order chi connectivity index (χ1) is 11.9. The first kappa shape index (κ1) is 17.7. The highest BCUT2D eigenvalue weighted by Crippen LogP contribution is 2.31. The van der Waals surface area contributed by atoms with Crippen molar-refractivity contribution >= 4 is 17.1 Å². The second kappa shape index (κ2) is 7.03. The van der Waals surface area contributed by atoms with Crippen molar-refractivity contribution in [2.24, 2.45) is 0 Å². The predicted octanol–water partition coefficient (Wildman–Crippen LogP) is 4.34. The molecule has 0 unspecified atom stereocenters. The van der Waals surface area contributed by atoms with Gasteiger partial charge in [-0.1, -0.05) is 12.3 Å². The number of benzene rings is 1. The van der Waals surface area contributed by atoms with Gasteiger partial charge >= 0.3 is 0 Å². The zero-order chi connectivity index (χ0) is 18.0. The van der Waals surface area contributed by atoms with Crippen LogP contribution in [0, 0.1) is 23.5 Å². The molecule has 1 aliphatic carbocycles. The lowest BCUT2D eigenvalue weighted by Crippen LogP contribution is -2.29. The van der Waals surface area contributed by atoms with Crippen molar-refractivity contribution in [3.63, 3.8) is 0 Å². The lowest BCUT2D eigenvalue weighted by atomic mass is 9.85. The molecule has 130 valence electrons. The Hall–Kier alpha value is -2.10. The summed E-state index contributed by atoms with van der Waals surface area (Å²) in [5, 5.41) is 10.7. The van der Waals surface area contributed by atoms with Gasteiger partial charge in [0.15, 0.2) is 5.78 Å². The van der Waals surface area contributed by atoms with Crippen molar-refractivity contribution in [1.82, 2.24) is 4.98 Å². The molecule has 1 N–H and O–H groups in total. The summed E-state index contributed by atoms with van der Waals surface area (Å²) in [6, 6.07) is 3.21. The molecular weight excluding hydrogens is 344 g/mol. The summed E-state index contributed by atoms with van der Waals surface area (Å²) in [6.07, 6.45) is 4.09. The number of aromatic nitrogens is 1. The largest absolute Gasteiger partial charge is 0.378 e. The molecule has 3 nitrogen and oxygen atoms in total. The number of carbonyl (C=O) groups is 1. The van der Waals surface area contributed by atoms with E-state index >= 15 is 0 Å². The minimum atomic E-state index is -1.06. The second-order valence-electron chi connectivity index (χ2n) is 6.22. The molecule has 1 saturated carbocycles. The van der Waals surface area contributed by atoms with Gasteiger partial charge in [-0.2, -0.15) is 0 Å². The van der Waals surface area contributed by atoms with Crippen LogP contribution in [0.5, 0.6) is 0 Å². The molecule has 0 aliphatic heterocycles. The first-order valence-corrected chi connectivity index (χ1v) is 8.92. The minimum Gasteiger partial charge on any atom is -0.378 e. The summed E-state index contributed by atoms with van der Waals surface area (Å²) < 4.78 is 27.1. The minimum absolute atomic E-state index is 0.123. The number of aliphatic hydroxyl groups is 1. The molecule has 1 heterocycles. The topological polar surface area (TPSA) is 50.2 Å². The van der Waals surface area contributed by atoms with E-state index in [1.165, 1.54) is 13.0 Å². The van der Waals surface area contributed by atoms with Gasteiger partial charge in [0, 0.05) is 18.6 Å². The van der Waals surface area contributed by atoms with Crippen LogP contribution in [-0.4, -0.2) is 21.5 Å². The van der Waals surface area contributed by atoms with Crippen LogP contribution in [0.2, 0.25) is 0 Å². The van der Waals surface area contributed by atoms with Crippen molar-refractivity contribution < 1.29 is 18.7 Å². The summed E-state index contributed by atoms with van der Waals surface area (Å²) in [6.45, 7) is 1.39. The van der Waals surface area contributed by atoms with Gasteiger partial charge < -0.3 is 5.11 Å². The van der Waals surface area contributed by atoms with Gasteiger partial charge in [-0.15, -0.1) is 11.3 Å².